The molecule has 0 aliphatic heterocycles. The molecule has 0 spiro atoms. The number of hydrogen-bond acceptors (Lipinski definition) is 3. The zero-order chi connectivity index (χ0) is 14.0. The van der Waals surface area contributed by atoms with Gasteiger partial charge in [-0.2, -0.15) is 0 Å². The molecule has 0 saturated heterocycles. The van der Waals surface area contributed by atoms with Crippen molar-refractivity contribution in [2.24, 2.45) is 5.92 Å². The molecule has 1 heterocycles. The molecule has 1 N–H and O–H groups in total. The molecule has 1 unspecified atom stereocenters. The van der Waals surface area contributed by atoms with Crippen LogP contribution < -0.4 is 4.74 Å². The first-order chi connectivity index (χ1) is 9.06. The van der Waals surface area contributed by atoms with Crippen molar-refractivity contribution in [2.45, 2.75) is 33.3 Å². The van der Waals surface area contributed by atoms with Crippen LogP contribution in [0.25, 0.3) is 10.9 Å². The Morgan fingerprint density at radius 2 is 2.00 bits per heavy atom. The van der Waals surface area contributed by atoms with Crippen LogP contribution in [0.4, 0.5) is 0 Å². The van der Waals surface area contributed by atoms with Crippen molar-refractivity contribution in [3.8, 4) is 5.88 Å². The topological polar surface area (TPSA) is 42.4 Å². The van der Waals surface area contributed by atoms with Crippen molar-refractivity contribution in [2.75, 3.05) is 7.11 Å². The second-order valence-corrected chi connectivity index (χ2v) is 5.15. The highest BCUT2D eigenvalue weighted by Crippen LogP contribution is 2.27. The van der Waals surface area contributed by atoms with E-state index in [1.807, 2.05) is 32.0 Å². The quantitative estimate of drug-likeness (QED) is 0.913. The van der Waals surface area contributed by atoms with Crippen LogP contribution in [0.3, 0.4) is 0 Å². The fourth-order valence-corrected chi connectivity index (χ4v) is 2.21. The van der Waals surface area contributed by atoms with Crippen LogP contribution in [0.15, 0.2) is 24.3 Å². The van der Waals surface area contributed by atoms with E-state index in [0.717, 1.165) is 28.5 Å². The lowest BCUT2D eigenvalue weighted by Crippen LogP contribution is -2.05. The van der Waals surface area contributed by atoms with E-state index in [1.54, 1.807) is 7.11 Å². The summed E-state index contributed by atoms with van der Waals surface area (Å²) in [5, 5.41) is 11.2. The molecular weight excluding hydrogens is 238 g/mol. The Morgan fingerprint density at radius 3 is 2.58 bits per heavy atom. The number of nitrogens with zero attached hydrogens (tertiary/aromatic N) is 1. The molecule has 0 amide bonds. The summed E-state index contributed by atoms with van der Waals surface area (Å²) in [7, 11) is 1.64. The maximum atomic E-state index is 10.1. The van der Waals surface area contributed by atoms with E-state index in [1.165, 1.54) is 0 Å². The van der Waals surface area contributed by atoms with Gasteiger partial charge in [-0.3, -0.25) is 0 Å². The van der Waals surface area contributed by atoms with E-state index < -0.39 is 6.10 Å². The van der Waals surface area contributed by atoms with Gasteiger partial charge in [-0.1, -0.05) is 32.9 Å². The second kappa shape index (κ2) is 5.57. The van der Waals surface area contributed by atoms with Crippen molar-refractivity contribution in [3.05, 3.63) is 35.4 Å². The fraction of sp³-hybridized carbons (Fsp3) is 0.438. The van der Waals surface area contributed by atoms with Crippen LogP contribution in [0.5, 0.6) is 5.88 Å². The van der Waals surface area contributed by atoms with Gasteiger partial charge in [0.15, 0.2) is 0 Å². The van der Waals surface area contributed by atoms with Crippen LogP contribution in [-0.2, 0) is 6.42 Å². The lowest BCUT2D eigenvalue weighted by atomic mass is 9.97. The first kappa shape index (κ1) is 13.8. The predicted molar refractivity (Wildman–Crippen MR) is 77.5 cm³/mol. The molecule has 1 aromatic carbocycles. The van der Waals surface area contributed by atoms with Crippen LogP contribution in [0.1, 0.15) is 38.0 Å². The second-order valence-electron chi connectivity index (χ2n) is 5.15. The summed E-state index contributed by atoms with van der Waals surface area (Å²) in [6.45, 7) is 6.09. The number of methoxy groups -OCH3 is 1. The average Bonchev–Trinajstić information content (AvgIpc) is 2.44. The number of aliphatic hydroxyl groups excluding tert-OH is 1. The Bertz CT molecular complexity index is 578. The summed E-state index contributed by atoms with van der Waals surface area (Å²) < 4.78 is 5.32. The monoisotopic (exact) mass is 259 g/mol. The summed E-state index contributed by atoms with van der Waals surface area (Å²) in [5.41, 5.74) is 2.87. The molecule has 0 aliphatic rings. The van der Waals surface area contributed by atoms with Crippen molar-refractivity contribution in [1.29, 1.82) is 0 Å². The number of fused-ring (bicyclic) bond motifs is 1. The number of ether oxygens (including phenoxy) is 1. The van der Waals surface area contributed by atoms with Gasteiger partial charge in [-0.15, -0.1) is 0 Å². The third-order valence-electron chi connectivity index (χ3n) is 3.43. The third kappa shape index (κ3) is 2.71. The molecule has 19 heavy (non-hydrogen) atoms. The third-order valence-corrected chi connectivity index (χ3v) is 3.43. The van der Waals surface area contributed by atoms with Crippen LogP contribution in [-0.4, -0.2) is 17.2 Å². The molecule has 0 fully saturated rings. The number of aryl methyl sites for hydroxylation is 1. The molecule has 1 atom stereocenters. The Kier molecular flexibility index (Phi) is 4.05. The van der Waals surface area contributed by atoms with Gasteiger partial charge >= 0.3 is 0 Å². The SMILES string of the molecule is CCc1cc2ccc(C(O)C(C)C)cc2nc1OC. The van der Waals surface area contributed by atoms with Gasteiger partial charge in [-0.05, 0) is 30.0 Å². The summed E-state index contributed by atoms with van der Waals surface area (Å²) in [5.74, 6) is 0.862. The summed E-state index contributed by atoms with van der Waals surface area (Å²) in [6.07, 6.45) is 0.436. The lowest BCUT2D eigenvalue weighted by Gasteiger charge is -2.15. The van der Waals surface area contributed by atoms with E-state index in [2.05, 4.69) is 18.0 Å². The maximum absolute atomic E-state index is 10.1. The minimum atomic E-state index is -0.456. The zero-order valence-electron chi connectivity index (χ0n) is 12.0. The van der Waals surface area contributed by atoms with Crippen molar-refractivity contribution in [1.82, 2.24) is 4.98 Å². The molecule has 0 radical (unpaired) electrons. The highest BCUT2D eigenvalue weighted by Gasteiger charge is 2.13. The number of rotatable bonds is 4. The van der Waals surface area contributed by atoms with E-state index in [9.17, 15) is 5.11 Å². The Balaban J connectivity index is 2.53. The molecule has 0 saturated carbocycles. The van der Waals surface area contributed by atoms with Gasteiger partial charge in [0.2, 0.25) is 5.88 Å². The van der Waals surface area contributed by atoms with Crippen molar-refractivity contribution < 1.29 is 9.84 Å². The Morgan fingerprint density at radius 1 is 1.26 bits per heavy atom. The number of pyridine rings is 1. The Hall–Kier alpha value is -1.61. The molecule has 1 aromatic heterocycles. The number of benzene rings is 1. The van der Waals surface area contributed by atoms with E-state index >= 15 is 0 Å². The van der Waals surface area contributed by atoms with Gasteiger partial charge in [0.05, 0.1) is 18.7 Å². The summed E-state index contributed by atoms with van der Waals surface area (Å²) >= 11 is 0. The van der Waals surface area contributed by atoms with Gasteiger partial charge in [-0.25, -0.2) is 4.98 Å². The van der Waals surface area contributed by atoms with Crippen molar-refractivity contribution in [3.63, 3.8) is 0 Å². The minimum Gasteiger partial charge on any atom is -0.481 e. The van der Waals surface area contributed by atoms with E-state index in [0.29, 0.717) is 5.88 Å². The number of aliphatic hydroxyl groups is 1. The molecule has 0 aliphatic carbocycles. The maximum Gasteiger partial charge on any atom is 0.216 e. The first-order valence-electron chi connectivity index (χ1n) is 6.72. The number of hydrogen-bond donors (Lipinski definition) is 1. The van der Waals surface area contributed by atoms with Gasteiger partial charge in [0.1, 0.15) is 0 Å². The molecule has 3 nitrogen and oxygen atoms in total. The fourth-order valence-electron chi connectivity index (χ4n) is 2.21. The predicted octanol–water partition coefficient (Wildman–Crippen LogP) is 3.50. The van der Waals surface area contributed by atoms with Crippen molar-refractivity contribution >= 4 is 10.9 Å². The van der Waals surface area contributed by atoms with E-state index in [4.69, 9.17) is 4.74 Å². The first-order valence-corrected chi connectivity index (χ1v) is 6.72. The molecule has 2 rings (SSSR count). The number of aromatic nitrogens is 1. The molecule has 102 valence electrons. The zero-order valence-corrected chi connectivity index (χ0v) is 12.0. The largest absolute Gasteiger partial charge is 0.481 e. The normalized spacial score (nSPS) is 12.9. The molecule has 2 aromatic rings. The molecular formula is C16H21NO2. The summed E-state index contributed by atoms with van der Waals surface area (Å²) in [6, 6.07) is 8.04. The highest BCUT2D eigenvalue weighted by atomic mass is 16.5. The molecule has 3 heteroatoms. The molecule has 0 bridgehead atoms. The minimum absolute atomic E-state index is 0.189. The smallest absolute Gasteiger partial charge is 0.216 e. The van der Waals surface area contributed by atoms with Crippen LogP contribution in [0.2, 0.25) is 0 Å². The Labute approximate surface area is 114 Å². The standard InChI is InChI=1S/C16H21NO2/c1-5-11-8-12-6-7-13(15(18)10(2)3)9-14(12)17-16(11)19-4/h6-10,15,18H,5H2,1-4H3. The van der Waals surface area contributed by atoms with E-state index in [-0.39, 0.29) is 5.92 Å². The van der Waals surface area contributed by atoms with Gasteiger partial charge in [0, 0.05) is 10.9 Å². The van der Waals surface area contributed by atoms with Gasteiger partial charge in [0.25, 0.3) is 0 Å². The highest BCUT2D eigenvalue weighted by molar-refractivity contribution is 5.81. The lowest BCUT2D eigenvalue weighted by molar-refractivity contribution is 0.127. The van der Waals surface area contributed by atoms with Crippen LogP contribution in [0, 0.1) is 5.92 Å². The van der Waals surface area contributed by atoms with Gasteiger partial charge < -0.3 is 9.84 Å². The summed E-state index contributed by atoms with van der Waals surface area (Å²) in [4.78, 5) is 4.53. The average molecular weight is 259 g/mol. The van der Waals surface area contributed by atoms with Crippen LogP contribution >= 0.6 is 0 Å².